The van der Waals surface area contributed by atoms with E-state index in [-0.39, 0.29) is 26.2 Å². The number of halogens is 1. The van der Waals surface area contributed by atoms with Gasteiger partial charge in [-0.05, 0) is 48.1 Å². The summed E-state index contributed by atoms with van der Waals surface area (Å²) in [4.78, 5) is 38.1. The van der Waals surface area contributed by atoms with Gasteiger partial charge in [0.05, 0.1) is 16.0 Å². The number of thiocarbonyl (C=S) groups is 1. The van der Waals surface area contributed by atoms with Crippen molar-refractivity contribution >= 4 is 52.1 Å². The third kappa shape index (κ3) is 2.54. The Morgan fingerprint density at radius 2 is 1.42 bits per heavy atom. The van der Waals surface area contributed by atoms with E-state index in [1.807, 2.05) is 0 Å². The average molecular weight is 384 g/mol. The van der Waals surface area contributed by atoms with E-state index in [0.29, 0.717) is 5.56 Å². The lowest BCUT2D eigenvalue weighted by molar-refractivity contribution is -0.128. The number of thioether (sulfide) groups is 1. The third-order valence-corrected chi connectivity index (χ3v) is 5.20. The normalized spacial score (nSPS) is 18.3. The van der Waals surface area contributed by atoms with E-state index >= 15 is 0 Å². The van der Waals surface area contributed by atoms with E-state index in [2.05, 4.69) is 0 Å². The molecular formula is C18H9FN2O3S2. The molecule has 2 aliphatic heterocycles. The van der Waals surface area contributed by atoms with Gasteiger partial charge >= 0.3 is 0 Å². The predicted molar refractivity (Wildman–Crippen MR) is 98.4 cm³/mol. The zero-order chi connectivity index (χ0) is 18.4. The average Bonchev–Trinajstić information content (AvgIpc) is 3.04. The fourth-order valence-electron chi connectivity index (χ4n) is 2.70. The third-order valence-electron chi connectivity index (χ3n) is 3.91. The van der Waals surface area contributed by atoms with Crippen LogP contribution in [0.25, 0.3) is 6.08 Å². The van der Waals surface area contributed by atoms with Crippen LogP contribution in [0.1, 0.15) is 26.3 Å². The lowest BCUT2D eigenvalue weighted by atomic mass is 10.1. The second-order valence-corrected chi connectivity index (χ2v) is 7.19. The van der Waals surface area contributed by atoms with Gasteiger partial charge < -0.3 is 0 Å². The fourth-order valence-corrected chi connectivity index (χ4v) is 3.94. The highest BCUT2D eigenvalue weighted by Crippen LogP contribution is 2.36. The molecule has 2 aromatic rings. The minimum absolute atomic E-state index is 0.0814. The molecule has 2 aliphatic rings. The molecule has 0 saturated carbocycles. The van der Waals surface area contributed by atoms with E-state index in [1.54, 1.807) is 12.1 Å². The van der Waals surface area contributed by atoms with Crippen molar-refractivity contribution in [1.82, 2.24) is 10.0 Å². The van der Waals surface area contributed by atoms with Crippen LogP contribution >= 0.6 is 24.0 Å². The number of fused-ring (bicyclic) bond motifs is 1. The molecule has 26 heavy (non-hydrogen) atoms. The Hall–Kier alpha value is -2.84. The van der Waals surface area contributed by atoms with Gasteiger partial charge in [-0.1, -0.05) is 36.0 Å². The van der Waals surface area contributed by atoms with E-state index in [4.69, 9.17) is 12.2 Å². The Labute approximate surface area is 157 Å². The Bertz CT molecular complexity index is 982. The van der Waals surface area contributed by atoms with Crippen molar-refractivity contribution < 1.29 is 18.8 Å². The maximum Gasteiger partial charge on any atom is 0.285 e. The van der Waals surface area contributed by atoms with E-state index < -0.39 is 17.7 Å². The van der Waals surface area contributed by atoms with E-state index in [1.165, 1.54) is 42.5 Å². The molecule has 0 spiro atoms. The van der Waals surface area contributed by atoms with Crippen LogP contribution in [0.4, 0.5) is 4.39 Å². The number of imide groups is 1. The molecule has 5 nitrogen and oxygen atoms in total. The van der Waals surface area contributed by atoms with Gasteiger partial charge in [-0.2, -0.15) is 10.0 Å². The monoisotopic (exact) mass is 384 g/mol. The number of amides is 3. The summed E-state index contributed by atoms with van der Waals surface area (Å²) in [7, 11) is 0. The molecule has 0 atom stereocenters. The molecule has 1 saturated heterocycles. The smallest absolute Gasteiger partial charge is 0.267 e. The Balaban J connectivity index is 1.68. The number of hydrogen-bond donors (Lipinski definition) is 0. The van der Waals surface area contributed by atoms with Gasteiger partial charge in [0, 0.05) is 0 Å². The van der Waals surface area contributed by atoms with Crippen LogP contribution in [-0.2, 0) is 4.79 Å². The minimum Gasteiger partial charge on any atom is -0.267 e. The summed E-state index contributed by atoms with van der Waals surface area (Å²) in [6.45, 7) is 0. The van der Waals surface area contributed by atoms with Crippen LogP contribution in [0.5, 0.6) is 0 Å². The first-order valence-corrected chi connectivity index (χ1v) is 8.71. The van der Waals surface area contributed by atoms with Crippen molar-refractivity contribution in [2.45, 2.75) is 0 Å². The van der Waals surface area contributed by atoms with Gasteiger partial charge in [0.1, 0.15) is 5.82 Å². The van der Waals surface area contributed by atoms with Gasteiger partial charge in [0.2, 0.25) is 0 Å². The molecule has 1 fully saturated rings. The standard InChI is InChI=1S/C18H9FN2O3S2/c19-11-7-5-10(6-8-11)9-14-17(24)21(18(25)26-14)20-15(22)12-3-1-2-4-13(12)16(20)23/h1-9H/b14-9-. The molecule has 0 bridgehead atoms. The number of benzene rings is 2. The van der Waals surface area contributed by atoms with Gasteiger partial charge in [-0.25, -0.2) is 4.39 Å². The molecule has 128 valence electrons. The lowest BCUT2D eigenvalue weighted by Crippen LogP contribution is -2.48. The molecule has 0 radical (unpaired) electrons. The van der Waals surface area contributed by atoms with Crippen molar-refractivity contribution in [1.29, 1.82) is 0 Å². The summed E-state index contributed by atoms with van der Waals surface area (Å²) in [5.74, 6) is -2.14. The molecule has 0 unspecified atom stereocenters. The van der Waals surface area contributed by atoms with Crippen LogP contribution in [0, 0.1) is 5.82 Å². The Morgan fingerprint density at radius 1 is 0.846 bits per heavy atom. The molecule has 4 rings (SSSR count). The second-order valence-electron chi connectivity index (χ2n) is 5.51. The van der Waals surface area contributed by atoms with Gasteiger partial charge in [0.15, 0.2) is 4.32 Å². The topological polar surface area (TPSA) is 57.7 Å². The van der Waals surface area contributed by atoms with Crippen LogP contribution < -0.4 is 0 Å². The molecular weight excluding hydrogens is 375 g/mol. The molecule has 0 aliphatic carbocycles. The summed E-state index contributed by atoms with van der Waals surface area (Å²) in [6.07, 6.45) is 1.54. The first kappa shape index (κ1) is 16.6. The number of carbonyl (C=O) groups is 3. The van der Waals surface area contributed by atoms with Gasteiger partial charge in [-0.15, -0.1) is 0 Å². The summed E-state index contributed by atoms with van der Waals surface area (Å²) in [5.41, 5.74) is 1.07. The number of rotatable bonds is 2. The zero-order valence-corrected chi connectivity index (χ0v) is 14.6. The lowest BCUT2D eigenvalue weighted by Gasteiger charge is -2.23. The first-order chi connectivity index (χ1) is 12.5. The van der Waals surface area contributed by atoms with Crippen molar-refractivity contribution in [3.05, 3.63) is 75.9 Å². The number of carbonyl (C=O) groups excluding carboxylic acids is 3. The molecule has 2 heterocycles. The summed E-state index contributed by atoms with van der Waals surface area (Å²) in [6, 6.07) is 11.9. The predicted octanol–water partition coefficient (Wildman–Crippen LogP) is 3.24. The van der Waals surface area contributed by atoms with E-state index in [0.717, 1.165) is 21.8 Å². The van der Waals surface area contributed by atoms with Gasteiger partial charge in [-0.3, -0.25) is 14.4 Å². The molecule has 0 aromatic heterocycles. The summed E-state index contributed by atoms with van der Waals surface area (Å²) >= 11 is 6.19. The number of nitrogens with zero attached hydrogens (tertiary/aromatic N) is 2. The van der Waals surface area contributed by atoms with Gasteiger partial charge in [0.25, 0.3) is 17.7 Å². The SMILES string of the molecule is O=C1/C(=C/c2ccc(F)cc2)SC(=S)N1N1C(=O)c2ccccc2C1=O. The van der Waals surface area contributed by atoms with Crippen molar-refractivity contribution in [3.63, 3.8) is 0 Å². The molecule has 8 heteroatoms. The largest absolute Gasteiger partial charge is 0.285 e. The first-order valence-electron chi connectivity index (χ1n) is 7.48. The maximum absolute atomic E-state index is 13.0. The highest BCUT2D eigenvalue weighted by molar-refractivity contribution is 8.26. The highest BCUT2D eigenvalue weighted by Gasteiger charge is 2.46. The maximum atomic E-state index is 13.0. The Kier molecular flexibility index (Phi) is 3.93. The summed E-state index contributed by atoms with van der Waals surface area (Å²) in [5, 5.41) is 1.69. The quantitative estimate of drug-likeness (QED) is 0.452. The van der Waals surface area contributed by atoms with Crippen LogP contribution in [0.15, 0.2) is 53.4 Å². The molecule has 3 amide bonds. The molecule has 2 aromatic carbocycles. The second kappa shape index (κ2) is 6.15. The summed E-state index contributed by atoms with van der Waals surface area (Å²) < 4.78 is 13.1. The van der Waals surface area contributed by atoms with Crippen LogP contribution in [0.3, 0.4) is 0 Å². The zero-order valence-electron chi connectivity index (χ0n) is 13.0. The van der Waals surface area contributed by atoms with E-state index in [9.17, 15) is 18.8 Å². The number of hydrogen-bond acceptors (Lipinski definition) is 5. The van der Waals surface area contributed by atoms with Crippen LogP contribution in [0.2, 0.25) is 0 Å². The Morgan fingerprint density at radius 3 is 2.00 bits per heavy atom. The highest BCUT2D eigenvalue weighted by atomic mass is 32.2. The van der Waals surface area contributed by atoms with Crippen molar-refractivity contribution in [2.24, 2.45) is 0 Å². The van der Waals surface area contributed by atoms with Crippen molar-refractivity contribution in [2.75, 3.05) is 0 Å². The number of hydrazine groups is 1. The van der Waals surface area contributed by atoms with Crippen molar-refractivity contribution in [3.8, 4) is 0 Å². The molecule has 0 N–H and O–H groups in total. The fraction of sp³-hybridized carbons (Fsp3) is 0. The minimum atomic E-state index is -0.593. The van der Waals surface area contributed by atoms with Crippen LogP contribution in [-0.4, -0.2) is 32.1 Å².